The van der Waals surface area contributed by atoms with E-state index in [2.05, 4.69) is 5.32 Å². The first-order chi connectivity index (χ1) is 10.1. The summed E-state index contributed by atoms with van der Waals surface area (Å²) in [5.41, 5.74) is 0.795. The normalized spacial score (nSPS) is 9.19. The molecule has 0 spiro atoms. The van der Waals surface area contributed by atoms with Gasteiger partial charge in [-0.1, -0.05) is 6.07 Å². The molecule has 1 N–H and O–H groups in total. The van der Waals surface area contributed by atoms with Crippen LogP contribution in [0.2, 0.25) is 0 Å². The van der Waals surface area contributed by atoms with Crippen molar-refractivity contribution in [1.82, 2.24) is 0 Å². The highest BCUT2D eigenvalue weighted by Crippen LogP contribution is 2.11. The quantitative estimate of drug-likeness (QED) is 0.372. The van der Waals surface area contributed by atoms with E-state index in [4.69, 9.17) is 14.7 Å². The summed E-state index contributed by atoms with van der Waals surface area (Å²) in [6.07, 6.45) is 1.21. The molecule has 6 nitrogen and oxygen atoms in total. The monoisotopic (exact) mass is 288 g/mol. The minimum atomic E-state index is -0.764. The molecular weight excluding hydrogens is 272 g/mol. The topological polar surface area (TPSA) is 88.4 Å². The second-order valence-corrected chi connectivity index (χ2v) is 3.84. The van der Waals surface area contributed by atoms with Gasteiger partial charge in [0, 0.05) is 11.9 Å². The largest absolute Gasteiger partial charge is 0.462 e. The molecular formula is C15H16N2O4. The number of carbonyl (C=O) groups is 2. The van der Waals surface area contributed by atoms with E-state index in [1.165, 1.54) is 6.20 Å². The van der Waals surface area contributed by atoms with Crippen molar-refractivity contribution in [1.29, 1.82) is 5.26 Å². The lowest BCUT2D eigenvalue weighted by Crippen LogP contribution is -2.19. The minimum Gasteiger partial charge on any atom is -0.462 e. The maximum Gasteiger partial charge on any atom is 0.347 e. The van der Waals surface area contributed by atoms with Crippen LogP contribution >= 0.6 is 0 Å². The van der Waals surface area contributed by atoms with E-state index < -0.39 is 11.9 Å². The lowest BCUT2D eigenvalue weighted by atomic mass is 10.2. The van der Waals surface area contributed by atoms with Gasteiger partial charge < -0.3 is 14.8 Å². The fourth-order valence-electron chi connectivity index (χ4n) is 1.45. The lowest BCUT2D eigenvalue weighted by molar-refractivity contribution is -0.146. The van der Waals surface area contributed by atoms with Crippen molar-refractivity contribution >= 4 is 17.6 Å². The van der Waals surface area contributed by atoms with Crippen LogP contribution in [-0.4, -0.2) is 25.2 Å². The average molecular weight is 288 g/mol. The van der Waals surface area contributed by atoms with E-state index in [0.29, 0.717) is 11.3 Å². The Morgan fingerprint density at radius 2 is 1.86 bits per heavy atom. The van der Waals surface area contributed by atoms with Gasteiger partial charge >= 0.3 is 11.9 Å². The highest BCUT2D eigenvalue weighted by molar-refractivity contribution is 6.14. The third-order valence-corrected chi connectivity index (χ3v) is 2.37. The lowest BCUT2D eigenvalue weighted by Gasteiger charge is -2.07. The molecule has 0 fully saturated rings. The van der Waals surface area contributed by atoms with Crippen molar-refractivity contribution < 1.29 is 19.1 Å². The molecule has 0 heterocycles. The number of benzene rings is 1. The third kappa shape index (κ3) is 4.99. The highest BCUT2D eigenvalue weighted by atomic mass is 16.6. The second-order valence-electron chi connectivity index (χ2n) is 3.84. The molecule has 0 saturated carbocycles. The number of nitrogens with zero attached hydrogens (tertiary/aromatic N) is 1. The van der Waals surface area contributed by atoms with Crippen molar-refractivity contribution in [3.8, 4) is 6.07 Å². The molecule has 0 aliphatic rings. The zero-order valence-corrected chi connectivity index (χ0v) is 11.9. The number of nitrogens with one attached hydrogen (secondary N) is 1. The van der Waals surface area contributed by atoms with E-state index in [0.717, 1.165) is 0 Å². The molecule has 0 aromatic heterocycles. The molecule has 1 aromatic rings. The van der Waals surface area contributed by atoms with Crippen LogP contribution in [-0.2, 0) is 19.1 Å². The van der Waals surface area contributed by atoms with Crippen LogP contribution in [0.5, 0.6) is 0 Å². The maximum atomic E-state index is 11.7. The molecule has 0 saturated heterocycles. The van der Waals surface area contributed by atoms with Crippen molar-refractivity contribution in [2.24, 2.45) is 0 Å². The van der Waals surface area contributed by atoms with Gasteiger partial charge in [0.15, 0.2) is 5.57 Å². The van der Waals surface area contributed by atoms with Gasteiger partial charge in [0.05, 0.1) is 24.8 Å². The predicted molar refractivity (Wildman–Crippen MR) is 76.1 cm³/mol. The first-order valence-corrected chi connectivity index (χ1v) is 6.43. The van der Waals surface area contributed by atoms with Gasteiger partial charge in [-0.05, 0) is 32.0 Å². The molecule has 0 aliphatic carbocycles. The SMILES string of the molecule is CCOC(=O)C(=CNc1cccc(C#N)c1)C(=O)OCC. The van der Waals surface area contributed by atoms with Crippen LogP contribution in [0, 0.1) is 11.3 Å². The summed E-state index contributed by atoms with van der Waals surface area (Å²) < 4.78 is 9.61. The van der Waals surface area contributed by atoms with E-state index in [-0.39, 0.29) is 18.8 Å². The van der Waals surface area contributed by atoms with Crippen LogP contribution in [0.15, 0.2) is 36.0 Å². The number of ether oxygens (including phenoxy) is 2. The fraction of sp³-hybridized carbons (Fsp3) is 0.267. The molecule has 110 valence electrons. The van der Waals surface area contributed by atoms with Crippen molar-refractivity contribution in [2.75, 3.05) is 18.5 Å². The Labute approximate surface area is 123 Å². The maximum absolute atomic E-state index is 11.7. The van der Waals surface area contributed by atoms with E-state index in [9.17, 15) is 9.59 Å². The average Bonchev–Trinajstić information content (AvgIpc) is 2.48. The Kier molecular flexibility index (Phi) is 6.48. The summed E-state index contributed by atoms with van der Waals surface area (Å²) in [5.74, 6) is -1.53. The molecule has 0 unspecified atom stereocenters. The molecule has 0 amide bonds. The molecule has 21 heavy (non-hydrogen) atoms. The van der Waals surface area contributed by atoms with Gasteiger partial charge in [-0.15, -0.1) is 0 Å². The number of anilines is 1. The number of esters is 2. The van der Waals surface area contributed by atoms with Crippen molar-refractivity contribution in [2.45, 2.75) is 13.8 Å². The Hall–Kier alpha value is -2.81. The van der Waals surface area contributed by atoms with Gasteiger partial charge in [-0.25, -0.2) is 9.59 Å². The van der Waals surface area contributed by atoms with Crippen molar-refractivity contribution in [3.05, 3.63) is 41.6 Å². The summed E-state index contributed by atoms with van der Waals surface area (Å²) >= 11 is 0. The molecule has 0 radical (unpaired) electrons. The van der Waals surface area contributed by atoms with Gasteiger partial charge in [0.2, 0.25) is 0 Å². The Bertz CT molecular complexity index is 568. The summed E-state index contributed by atoms with van der Waals surface area (Å²) in [6, 6.07) is 8.61. The van der Waals surface area contributed by atoms with Crippen LogP contribution < -0.4 is 5.32 Å². The summed E-state index contributed by atoms with van der Waals surface area (Å²) in [4.78, 5) is 23.4. The Balaban J connectivity index is 2.94. The molecule has 0 aliphatic heterocycles. The zero-order valence-electron chi connectivity index (χ0n) is 11.9. The molecule has 1 rings (SSSR count). The summed E-state index contributed by atoms with van der Waals surface area (Å²) in [6.45, 7) is 3.59. The Morgan fingerprint density at radius 1 is 1.24 bits per heavy atom. The fourth-order valence-corrected chi connectivity index (χ4v) is 1.45. The van der Waals surface area contributed by atoms with E-state index in [1.807, 2.05) is 6.07 Å². The zero-order chi connectivity index (χ0) is 15.7. The van der Waals surface area contributed by atoms with Gasteiger partial charge in [-0.3, -0.25) is 0 Å². The van der Waals surface area contributed by atoms with Crippen LogP contribution in [0.4, 0.5) is 5.69 Å². The van der Waals surface area contributed by atoms with Gasteiger partial charge in [0.1, 0.15) is 0 Å². The first kappa shape index (κ1) is 16.2. The molecule has 0 bridgehead atoms. The third-order valence-electron chi connectivity index (χ3n) is 2.37. The predicted octanol–water partition coefficient (Wildman–Crippen LogP) is 1.98. The smallest absolute Gasteiger partial charge is 0.347 e. The van der Waals surface area contributed by atoms with E-state index in [1.54, 1.807) is 38.1 Å². The number of carbonyl (C=O) groups excluding carboxylic acids is 2. The number of hydrogen-bond acceptors (Lipinski definition) is 6. The first-order valence-electron chi connectivity index (χ1n) is 6.43. The molecule has 6 heteroatoms. The number of rotatable bonds is 6. The standard InChI is InChI=1S/C15H16N2O4/c1-3-20-14(18)13(15(19)21-4-2)10-17-12-7-5-6-11(8-12)9-16/h5-8,10,17H,3-4H2,1-2H3. The summed E-state index contributed by atoms with van der Waals surface area (Å²) in [7, 11) is 0. The highest BCUT2D eigenvalue weighted by Gasteiger charge is 2.20. The van der Waals surface area contributed by atoms with Crippen molar-refractivity contribution in [3.63, 3.8) is 0 Å². The Morgan fingerprint density at radius 3 is 2.38 bits per heavy atom. The van der Waals surface area contributed by atoms with Gasteiger partial charge in [0.25, 0.3) is 0 Å². The van der Waals surface area contributed by atoms with Crippen LogP contribution in [0.1, 0.15) is 19.4 Å². The molecule has 0 atom stereocenters. The van der Waals surface area contributed by atoms with Crippen LogP contribution in [0.3, 0.4) is 0 Å². The van der Waals surface area contributed by atoms with Gasteiger partial charge in [-0.2, -0.15) is 5.26 Å². The van der Waals surface area contributed by atoms with E-state index >= 15 is 0 Å². The summed E-state index contributed by atoms with van der Waals surface area (Å²) in [5, 5.41) is 11.6. The number of nitriles is 1. The van der Waals surface area contributed by atoms with Crippen LogP contribution in [0.25, 0.3) is 0 Å². The second kappa shape index (κ2) is 8.38. The number of hydrogen-bond donors (Lipinski definition) is 1. The molecule has 1 aromatic carbocycles. The minimum absolute atomic E-state index is 0.152.